The van der Waals surface area contributed by atoms with Crippen molar-refractivity contribution in [3.05, 3.63) is 23.3 Å². The minimum Gasteiger partial charge on any atom is -0.342 e. The monoisotopic (exact) mass is 258 g/mol. The third-order valence-electron chi connectivity index (χ3n) is 4.37. The fraction of sp³-hybridized carbons (Fsp3) is 0.600. The van der Waals surface area contributed by atoms with Gasteiger partial charge in [0.1, 0.15) is 5.82 Å². The lowest BCUT2D eigenvalue weighted by molar-refractivity contribution is 0.355. The maximum absolute atomic E-state index is 4.82. The van der Waals surface area contributed by atoms with Crippen molar-refractivity contribution in [2.45, 2.75) is 40.0 Å². The van der Waals surface area contributed by atoms with E-state index in [-0.39, 0.29) is 0 Å². The number of hydrogen-bond acceptors (Lipinski definition) is 2. The van der Waals surface area contributed by atoms with E-state index in [2.05, 4.69) is 37.1 Å². The van der Waals surface area contributed by atoms with Gasteiger partial charge in [-0.2, -0.15) is 5.10 Å². The van der Waals surface area contributed by atoms with Crippen LogP contribution >= 0.6 is 0 Å². The average Bonchev–Trinajstić information content (AvgIpc) is 2.93. The summed E-state index contributed by atoms with van der Waals surface area (Å²) >= 11 is 0. The molecule has 1 N–H and O–H groups in total. The van der Waals surface area contributed by atoms with Gasteiger partial charge < -0.3 is 4.98 Å². The number of rotatable bonds is 2. The Kier molecular flexibility index (Phi) is 2.96. The van der Waals surface area contributed by atoms with Crippen LogP contribution in [0.25, 0.3) is 11.4 Å². The second-order valence-corrected chi connectivity index (χ2v) is 5.89. The van der Waals surface area contributed by atoms with E-state index in [0.29, 0.717) is 0 Å². The molecule has 2 unspecified atom stereocenters. The lowest BCUT2D eigenvalue weighted by atomic mass is 9.82. The topological polar surface area (TPSA) is 46.5 Å². The smallest absolute Gasteiger partial charge is 0.141 e. The quantitative estimate of drug-likeness (QED) is 0.900. The molecule has 0 amide bonds. The van der Waals surface area contributed by atoms with Gasteiger partial charge in [-0.25, -0.2) is 4.98 Å². The van der Waals surface area contributed by atoms with Gasteiger partial charge in [-0.15, -0.1) is 0 Å². The van der Waals surface area contributed by atoms with Crippen molar-refractivity contribution in [2.75, 3.05) is 0 Å². The number of nitrogens with zero attached hydrogens (tertiary/aromatic N) is 3. The molecule has 4 nitrogen and oxygen atoms in total. The second kappa shape index (κ2) is 4.51. The van der Waals surface area contributed by atoms with Crippen LogP contribution in [-0.2, 0) is 26.3 Å². The number of aromatic nitrogens is 4. The van der Waals surface area contributed by atoms with Gasteiger partial charge in [0, 0.05) is 18.9 Å². The van der Waals surface area contributed by atoms with Gasteiger partial charge in [-0.3, -0.25) is 4.68 Å². The number of H-pyrrole nitrogens is 1. The third-order valence-corrected chi connectivity index (χ3v) is 4.37. The molecule has 0 radical (unpaired) electrons. The standard InChI is InChI=1S/C15H22N4/c1-5-12-11(8-19(4)18-12)15-16-13-6-9(2)10(3)7-14(13)17-15/h8-10H,5-7H2,1-4H3,(H,16,17). The summed E-state index contributed by atoms with van der Waals surface area (Å²) in [5.74, 6) is 2.46. The molecule has 0 bridgehead atoms. The van der Waals surface area contributed by atoms with Crippen molar-refractivity contribution in [1.29, 1.82) is 0 Å². The van der Waals surface area contributed by atoms with Crippen LogP contribution in [0.2, 0.25) is 0 Å². The molecule has 3 rings (SSSR count). The summed E-state index contributed by atoms with van der Waals surface area (Å²) in [7, 11) is 1.97. The van der Waals surface area contributed by atoms with Crippen LogP contribution in [0.1, 0.15) is 37.9 Å². The van der Waals surface area contributed by atoms with Crippen LogP contribution < -0.4 is 0 Å². The van der Waals surface area contributed by atoms with E-state index in [1.165, 1.54) is 11.4 Å². The highest BCUT2D eigenvalue weighted by Gasteiger charge is 2.26. The molecule has 102 valence electrons. The van der Waals surface area contributed by atoms with E-state index in [9.17, 15) is 0 Å². The Morgan fingerprint density at radius 1 is 1.32 bits per heavy atom. The summed E-state index contributed by atoms with van der Waals surface area (Å²) in [6, 6.07) is 0. The molecule has 0 saturated carbocycles. The van der Waals surface area contributed by atoms with Crippen molar-refractivity contribution in [1.82, 2.24) is 19.7 Å². The van der Waals surface area contributed by atoms with Gasteiger partial charge in [-0.05, 0) is 31.1 Å². The van der Waals surface area contributed by atoms with Crippen LogP contribution in [-0.4, -0.2) is 19.7 Å². The number of imidazole rings is 1. The van der Waals surface area contributed by atoms with E-state index in [0.717, 1.165) is 48.2 Å². The summed E-state index contributed by atoms with van der Waals surface area (Å²) < 4.78 is 1.88. The molecule has 2 heterocycles. The van der Waals surface area contributed by atoms with Gasteiger partial charge in [0.05, 0.1) is 17.0 Å². The van der Waals surface area contributed by atoms with E-state index in [1.807, 2.05) is 11.7 Å². The van der Waals surface area contributed by atoms with Crippen molar-refractivity contribution in [3.8, 4) is 11.4 Å². The Hall–Kier alpha value is -1.58. The molecule has 0 aromatic carbocycles. The fourth-order valence-electron chi connectivity index (χ4n) is 2.93. The average molecular weight is 258 g/mol. The zero-order valence-electron chi connectivity index (χ0n) is 12.2. The first-order valence-corrected chi connectivity index (χ1v) is 7.19. The molecule has 1 aliphatic carbocycles. The van der Waals surface area contributed by atoms with Crippen LogP contribution in [0.3, 0.4) is 0 Å². The van der Waals surface area contributed by atoms with Crippen molar-refractivity contribution in [3.63, 3.8) is 0 Å². The molecule has 0 spiro atoms. The Morgan fingerprint density at radius 2 is 2.05 bits per heavy atom. The minimum atomic E-state index is 0.725. The predicted molar refractivity (Wildman–Crippen MR) is 75.9 cm³/mol. The predicted octanol–water partition coefficient (Wildman–Crippen LogP) is 2.74. The highest BCUT2D eigenvalue weighted by atomic mass is 15.3. The molecule has 0 aliphatic heterocycles. The first-order valence-electron chi connectivity index (χ1n) is 7.19. The van der Waals surface area contributed by atoms with Crippen molar-refractivity contribution >= 4 is 0 Å². The lowest BCUT2D eigenvalue weighted by Crippen LogP contribution is -2.20. The third kappa shape index (κ3) is 2.09. The maximum atomic E-state index is 4.82. The van der Waals surface area contributed by atoms with E-state index in [1.54, 1.807) is 0 Å². The molecular weight excluding hydrogens is 236 g/mol. The van der Waals surface area contributed by atoms with Gasteiger partial charge in [0.15, 0.2) is 0 Å². The van der Waals surface area contributed by atoms with E-state index < -0.39 is 0 Å². The Morgan fingerprint density at radius 3 is 2.79 bits per heavy atom. The zero-order valence-corrected chi connectivity index (χ0v) is 12.2. The number of nitrogens with one attached hydrogen (secondary N) is 1. The maximum Gasteiger partial charge on any atom is 0.141 e. The minimum absolute atomic E-state index is 0.725. The van der Waals surface area contributed by atoms with Gasteiger partial charge >= 0.3 is 0 Å². The number of hydrogen-bond donors (Lipinski definition) is 1. The molecule has 19 heavy (non-hydrogen) atoms. The Labute approximate surface area is 114 Å². The van der Waals surface area contributed by atoms with E-state index in [4.69, 9.17) is 4.98 Å². The number of aromatic amines is 1. The first-order chi connectivity index (χ1) is 9.08. The van der Waals surface area contributed by atoms with E-state index >= 15 is 0 Å². The highest BCUT2D eigenvalue weighted by molar-refractivity contribution is 5.58. The summed E-state index contributed by atoms with van der Waals surface area (Å²) in [4.78, 5) is 8.34. The highest BCUT2D eigenvalue weighted by Crippen LogP contribution is 2.31. The van der Waals surface area contributed by atoms with Crippen molar-refractivity contribution in [2.24, 2.45) is 18.9 Å². The van der Waals surface area contributed by atoms with Gasteiger partial charge in [0.2, 0.25) is 0 Å². The van der Waals surface area contributed by atoms with Crippen LogP contribution in [0.5, 0.6) is 0 Å². The molecule has 1 aliphatic rings. The normalized spacial score (nSPS) is 22.5. The molecule has 2 atom stereocenters. The van der Waals surface area contributed by atoms with Crippen LogP contribution in [0.15, 0.2) is 6.20 Å². The van der Waals surface area contributed by atoms with Gasteiger partial charge in [0.25, 0.3) is 0 Å². The molecule has 0 saturated heterocycles. The molecule has 0 fully saturated rings. The van der Waals surface area contributed by atoms with Crippen LogP contribution in [0, 0.1) is 11.8 Å². The Balaban J connectivity index is 2.01. The molecular formula is C15H22N4. The van der Waals surface area contributed by atoms with Gasteiger partial charge in [-0.1, -0.05) is 20.8 Å². The first kappa shape index (κ1) is 12.5. The van der Waals surface area contributed by atoms with Crippen LogP contribution in [0.4, 0.5) is 0 Å². The molecule has 4 heteroatoms. The zero-order chi connectivity index (χ0) is 13.6. The summed E-state index contributed by atoms with van der Waals surface area (Å²) in [6.45, 7) is 6.79. The number of aryl methyl sites for hydroxylation is 2. The molecule has 2 aromatic rings. The lowest BCUT2D eigenvalue weighted by Gasteiger charge is -2.24. The largest absolute Gasteiger partial charge is 0.342 e. The SMILES string of the molecule is CCc1nn(C)cc1-c1nc2c([nH]1)CC(C)C(C)C2. The van der Waals surface area contributed by atoms with Crippen molar-refractivity contribution < 1.29 is 0 Å². The summed E-state index contributed by atoms with van der Waals surface area (Å²) in [5.41, 5.74) is 4.85. The summed E-state index contributed by atoms with van der Waals surface area (Å²) in [5, 5.41) is 4.50. The second-order valence-electron chi connectivity index (χ2n) is 5.89. The number of fused-ring (bicyclic) bond motifs is 1. The Bertz CT molecular complexity index is 566. The fourth-order valence-corrected chi connectivity index (χ4v) is 2.93. The molecule has 2 aromatic heterocycles. The summed E-state index contributed by atoms with van der Waals surface area (Å²) in [6.07, 6.45) is 5.21.